The van der Waals surface area contributed by atoms with Crippen LogP contribution in [0.2, 0.25) is 0 Å². The number of benzene rings is 2. The number of hydrogen-bond acceptors (Lipinski definition) is 4. The van der Waals surface area contributed by atoms with Crippen molar-refractivity contribution in [1.82, 2.24) is 0 Å². The van der Waals surface area contributed by atoms with Crippen LogP contribution in [0.15, 0.2) is 54.6 Å². The number of amides is 1. The van der Waals surface area contributed by atoms with E-state index in [0.29, 0.717) is 12.1 Å². The molecule has 0 bridgehead atoms. The Kier molecular flexibility index (Phi) is 7.30. The normalized spacial score (nSPS) is 11.3. The number of carbonyl (C=O) groups excluding carboxylic acids is 3. The highest BCUT2D eigenvalue weighted by atomic mass is 19.4. The van der Waals surface area contributed by atoms with Crippen molar-refractivity contribution in [2.24, 2.45) is 0 Å². The third-order valence-corrected chi connectivity index (χ3v) is 3.78. The largest absolute Gasteiger partial charge is 0.454 e. The van der Waals surface area contributed by atoms with Gasteiger partial charge in [-0.3, -0.25) is 9.59 Å². The van der Waals surface area contributed by atoms with E-state index in [1.807, 2.05) is 0 Å². The maximum absolute atomic E-state index is 12.7. The summed E-state index contributed by atoms with van der Waals surface area (Å²) in [4.78, 5) is 35.1. The SMILES string of the molecule is CCC(=O)Nc1ccc(C(=O)COC(=O)/C=C/c2cccc(C(F)(F)F)c2)cc1. The van der Waals surface area contributed by atoms with Crippen LogP contribution in [0, 0.1) is 0 Å². The number of alkyl halides is 3. The molecule has 1 amide bonds. The Morgan fingerprint density at radius 1 is 1.07 bits per heavy atom. The number of hydrogen-bond donors (Lipinski definition) is 1. The van der Waals surface area contributed by atoms with Crippen LogP contribution in [-0.4, -0.2) is 24.3 Å². The van der Waals surface area contributed by atoms with E-state index in [1.54, 1.807) is 19.1 Å². The summed E-state index contributed by atoms with van der Waals surface area (Å²) >= 11 is 0. The molecule has 29 heavy (non-hydrogen) atoms. The minimum absolute atomic E-state index is 0.162. The number of nitrogens with one attached hydrogen (secondary N) is 1. The van der Waals surface area contributed by atoms with Gasteiger partial charge in [0.1, 0.15) is 0 Å². The fourth-order valence-electron chi connectivity index (χ4n) is 2.24. The molecule has 0 heterocycles. The Balaban J connectivity index is 1.89. The summed E-state index contributed by atoms with van der Waals surface area (Å²) in [6.07, 6.45) is -2.03. The van der Waals surface area contributed by atoms with Gasteiger partial charge in [-0.15, -0.1) is 0 Å². The number of Topliss-reactive ketones (excluding diaryl/α,β-unsaturated/α-hetero) is 1. The second-order valence-electron chi connectivity index (χ2n) is 5.97. The van der Waals surface area contributed by atoms with E-state index in [4.69, 9.17) is 4.74 Å². The van der Waals surface area contributed by atoms with Gasteiger partial charge in [-0.25, -0.2) is 4.79 Å². The van der Waals surface area contributed by atoms with Crippen molar-refractivity contribution in [3.05, 3.63) is 71.3 Å². The lowest BCUT2D eigenvalue weighted by molar-refractivity contribution is -0.138. The van der Waals surface area contributed by atoms with E-state index in [1.165, 1.54) is 30.3 Å². The summed E-state index contributed by atoms with van der Waals surface area (Å²) in [5.41, 5.74) is 0.165. The third-order valence-electron chi connectivity index (χ3n) is 3.78. The number of ketones is 1. The van der Waals surface area contributed by atoms with E-state index < -0.39 is 30.1 Å². The molecule has 2 aromatic carbocycles. The first-order valence-corrected chi connectivity index (χ1v) is 8.64. The molecule has 2 aromatic rings. The van der Waals surface area contributed by atoms with Crippen LogP contribution in [0.25, 0.3) is 6.08 Å². The number of rotatable bonds is 7. The van der Waals surface area contributed by atoms with Gasteiger partial charge in [0.15, 0.2) is 12.4 Å². The zero-order valence-electron chi connectivity index (χ0n) is 15.5. The highest BCUT2D eigenvalue weighted by Gasteiger charge is 2.30. The molecule has 0 fully saturated rings. The molecule has 0 saturated carbocycles. The summed E-state index contributed by atoms with van der Waals surface area (Å²) in [5.74, 6) is -1.48. The van der Waals surface area contributed by atoms with Crippen molar-refractivity contribution in [3.8, 4) is 0 Å². The highest BCUT2D eigenvalue weighted by molar-refractivity contribution is 5.99. The summed E-state index contributed by atoms with van der Waals surface area (Å²) in [7, 11) is 0. The number of esters is 1. The minimum atomic E-state index is -4.48. The monoisotopic (exact) mass is 405 g/mol. The lowest BCUT2D eigenvalue weighted by Crippen LogP contribution is -2.13. The van der Waals surface area contributed by atoms with Crippen molar-refractivity contribution in [2.45, 2.75) is 19.5 Å². The molecule has 0 aliphatic carbocycles. The number of carbonyl (C=O) groups is 3. The molecular weight excluding hydrogens is 387 g/mol. The van der Waals surface area contributed by atoms with E-state index in [9.17, 15) is 27.6 Å². The van der Waals surface area contributed by atoms with Gasteiger partial charge in [0.25, 0.3) is 0 Å². The molecule has 0 aliphatic rings. The fourth-order valence-corrected chi connectivity index (χ4v) is 2.24. The standard InChI is InChI=1S/C21H18F3NO4/c1-2-19(27)25-17-9-7-15(8-10-17)18(26)13-29-20(28)11-6-14-4-3-5-16(12-14)21(22,23)24/h3-12H,2,13H2,1H3,(H,25,27)/b11-6+. The molecule has 1 N–H and O–H groups in total. The first kappa shape index (κ1) is 21.9. The van der Waals surface area contributed by atoms with Gasteiger partial charge in [-0.2, -0.15) is 13.2 Å². The number of ether oxygens (including phenoxy) is 1. The Hall–Kier alpha value is -3.42. The van der Waals surface area contributed by atoms with Crippen LogP contribution in [0.1, 0.15) is 34.8 Å². The molecule has 152 valence electrons. The summed E-state index contributed by atoms with van der Waals surface area (Å²) in [6, 6.07) is 10.5. The Morgan fingerprint density at radius 2 is 1.76 bits per heavy atom. The lowest BCUT2D eigenvalue weighted by atomic mass is 10.1. The highest BCUT2D eigenvalue weighted by Crippen LogP contribution is 2.29. The fraction of sp³-hybridized carbons (Fsp3) is 0.190. The van der Waals surface area contributed by atoms with Gasteiger partial charge < -0.3 is 10.1 Å². The topological polar surface area (TPSA) is 72.5 Å². The maximum Gasteiger partial charge on any atom is 0.416 e. The van der Waals surface area contributed by atoms with Gasteiger partial charge in [0.2, 0.25) is 5.91 Å². The molecule has 0 spiro atoms. The lowest BCUT2D eigenvalue weighted by Gasteiger charge is -2.06. The van der Waals surface area contributed by atoms with Crippen molar-refractivity contribution >= 4 is 29.4 Å². The van der Waals surface area contributed by atoms with Crippen LogP contribution < -0.4 is 5.32 Å². The van der Waals surface area contributed by atoms with Crippen LogP contribution >= 0.6 is 0 Å². The Morgan fingerprint density at radius 3 is 2.38 bits per heavy atom. The molecule has 0 radical (unpaired) electrons. The van der Waals surface area contributed by atoms with Crippen molar-refractivity contribution in [1.29, 1.82) is 0 Å². The molecule has 0 atom stereocenters. The zero-order valence-corrected chi connectivity index (χ0v) is 15.5. The van der Waals surface area contributed by atoms with Crippen LogP contribution in [0.3, 0.4) is 0 Å². The minimum Gasteiger partial charge on any atom is -0.454 e. The summed E-state index contributed by atoms with van der Waals surface area (Å²) in [5, 5.41) is 2.64. The molecule has 0 aromatic heterocycles. The van der Waals surface area contributed by atoms with Gasteiger partial charge in [0.05, 0.1) is 5.56 Å². The van der Waals surface area contributed by atoms with Gasteiger partial charge >= 0.3 is 12.1 Å². The van der Waals surface area contributed by atoms with Crippen LogP contribution in [0.4, 0.5) is 18.9 Å². The third kappa shape index (κ3) is 6.91. The predicted molar refractivity (Wildman–Crippen MR) is 101 cm³/mol. The van der Waals surface area contributed by atoms with Gasteiger partial charge in [-0.1, -0.05) is 19.1 Å². The second kappa shape index (κ2) is 9.68. The number of halogens is 3. The molecular formula is C21H18F3NO4. The molecule has 5 nitrogen and oxygen atoms in total. The van der Waals surface area contributed by atoms with E-state index in [-0.39, 0.29) is 17.0 Å². The summed E-state index contributed by atoms with van der Waals surface area (Å²) < 4.78 is 42.8. The average Bonchev–Trinajstić information content (AvgIpc) is 2.70. The van der Waals surface area contributed by atoms with E-state index in [0.717, 1.165) is 18.2 Å². The van der Waals surface area contributed by atoms with Gasteiger partial charge in [-0.05, 0) is 48.0 Å². The van der Waals surface area contributed by atoms with Crippen molar-refractivity contribution < 1.29 is 32.3 Å². The molecule has 0 unspecified atom stereocenters. The predicted octanol–water partition coefficient (Wildman–Crippen LogP) is 4.49. The van der Waals surface area contributed by atoms with Crippen LogP contribution in [-0.2, 0) is 20.5 Å². The first-order chi connectivity index (χ1) is 13.7. The van der Waals surface area contributed by atoms with Crippen molar-refractivity contribution in [3.63, 3.8) is 0 Å². The smallest absolute Gasteiger partial charge is 0.416 e. The zero-order chi connectivity index (χ0) is 21.4. The maximum atomic E-state index is 12.7. The van der Waals surface area contributed by atoms with Gasteiger partial charge in [0, 0.05) is 23.7 Å². The quantitative estimate of drug-likeness (QED) is 0.418. The molecule has 8 heteroatoms. The molecule has 0 saturated heterocycles. The van der Waals surface area contributed by atoms with Crippen LogP contribution in [0.5, 0.6) is 0 Å². The number of anilines is 1. The molecule has 0 aliphatic heterocycles. The Labute approximate surface area is 165 Å². The Bertz CT molecular complexity index is 918. The molecule has 2 rings (SSSR count). The first-order valence-electron chi connectivity index (χ1n) is 8.64. The second-order valence-corrected chi connectivity index (χ2v) is 5.97. The van der Waals surface area contributed by atoms with E-state index >= 15 is 0 Å². The van der Waals surface area contributed by atoms with E-state index in [2.05, 4.69) is 5.32 Å². The average molecular weight is 405 g/mol. The summed E-state index contributed by atoms with van der Waals surface area (Å²) in [6.45, 7) is 1.19. The van der Waals surface area contributed by atoms with Crippen molar-refractivity contribution in [2.75, 3.05) is 11.9 Å².